The van der Waals surface area contributed by atoms with Crippen LogP contribution in [0, 0.1) is 11.3 Å². The molecule has 0 aromatic heterocycles. The first-order valence-electron chi connectivity index (χ1n) is 6.81. The van der Waals surface area contributed by atoms with Gasteiger partial charge in [-0.3, -0.25) is 4.79 Å². The molecule has 2 N–H and O–H groups in total. The summed E-state index contributed by atoms with van der Waals surface area (Å²) in [7, 11) is 0. The second kappa shape index (κ2) is 7.54. The third kappa shape index (κ3) is 3.82. The Bertz CT molecular complexity index is 271. The predicted octanol–water partition coefficient (Wildman–Crippen LogP) is 1.33. The fraction of sp³-hybridized carbons (Fsp3) is 0.786. The summed E-state index contributed by atoms with van der Waals surface area (Å²) >= 11 is 0. The van der Waals surface area contributed by atoms with Gasteiger partial charge in [-0.25, -0.2) is 0 Å². The number of rotatable bonds is 8. The van der Waals surface area contributed by atoms with Crippen molar-refractivity contribution in [1.29, 1.82) is 0 Å². The van der Waals surface area contributed by atoms with Crippen LogP contribution in [0.15, 0.2) is 12.7 Å². The van der Waals surface area contributed by atoms with Crippen molar-refractivity contribution in [3.8, 4) is 0 Å². The number of carbonyl (C=O) groups is 1. The van der Waals surface area contributed by atoms with Crippen LogP contribution in [-0.4, -0.2) is 38.8 Å². The first kappa shape index (κ1) is 15.2. The highest BCUT2D eigenvalue weighted by Gasteiger charge is 2.43. The minimum absolute atomic E-state index is 0.162. The molecule has 0 aromatic rings. The molecule has 1 aliphatic rings. The van der Waals surface area contributed by atoms with Crippen molar-refractivity contribution in [3.05, 3.63) is 12.7 Å². The maximum atomic E-state index is 12.3. The van der Waals surface area contributed by atoms with Gasteiger partial charge in [-0.15, -0.1) is 6.58 Å². The molecule has 1 rings (SSSR count). The summed E-state index contributed by atoms with van der Waals surface area (Å²) in [4.78, 5) is 12.3. The van der Waals surface area contributed by atoms with Gasteiger partial charge in [0.2, 0.25) is 5.91 Å². The highest BCUT2D eigenvalue weighted by molar-refractivity contribution is 5.83. The van der Waals surface area contributed by atoms with Crippen molar-refractivity contribution in [2.75, 3.05) is 32.8 Å². The molecule has 0 spiro atoms. The van der Waals surface area contributed by atoms with Gasteiger partial charge in [0, 0.05) is 13.1 Å². The number of ether oxygens (including phenoxy) is 1. The second-order valence-electron chi connectivity index (χ2n) is 5.18. The lowest BCUT2D eigenvalue weighted by molar-refractivity contribution is -0.132. The Labute approximate surface area is 110 Å². The molecule has 0 saturated carbocycles. The number of amides is 1. The van der Waals surface area contributed by atoms with E-state index < -0.39 is 0 Å². The van der Waals surface area contributed by atoms with Crippen LogP contribution >= 0.6 is 0 Å². The van der Waals surface area contributed by atoms with Crippen LogP contribution in [0.3, 0.4) is 0 Å². The average Bonchev–Trinajstić information content (AvgIpc) is 2.84. The fourth-order valence-electron chi connectivity index (χ4n) is 2.34. The minimum Gasteiger partial charge on any atom is -0.379 e. The SMILES string of the molecule is C=CCCOCCNC(=O)C1(C(C)C)CCNC1. The van der Waals surface area contributed by atoms with E-state index in [9.17, 15) is 4.79 Å². The standard InChI is InChI=1S/C14H26N2O2/c1-4-5-9-18-10-8-16-13(17)14(12(2)3)6-7-15-11-14/h4,12,15H,1,5-11H2,2-3H3,(H,16,17). The molecule has 104 valence electrons. The van der Waals surface area contributed by atoms with Gasteiger partial charge in [-0.2, -0.15) is 0 Å². The van der Waals surface area contributed by atoms with E-state index in [-0.39, 0.29) is 11.3 Å². The van der Waals surface area contributed by atoms with E-state index in [0.29, 0.717) is 25.7 Å². The van der Waals surface area contributed by atoms with Crippen LogP contribution in [0.2, 0.25) is 0 Å². The Morgan fingerprint density at radius 2 is 2.33 bits per heavy atom. The van der Waals surface area contributed by atoms with Crippen molar-refractivity contribution in [3.63, 3.8) is 0 Å². The molecule has 1 heterocycles. The maximum Gasteiger partial charge on any atom is 0.227 e. The fourth-order valence-corrected chi connectivity index (χ4v) is 2.34. The zero-order valence-corrected chi connectivity index (χ0v) is 11.6. The van der Waals surface area contributed by atoms with E-state index in [1.54, 1.807) is 0 Å². The van der Waals surface area contributed by atoms with E-state index in [1.807, 2.05) is 6.08 Å². The number of hydrogen-bond donors (Lipinski definition) is 2. The summed E-state index contributed by atoms with van der Waals surface area (Å²) < 4.78 is 5.38. The van der Waals surface area contributed by atoms with Crippen LogP contribution in [0.25, 0.3) is 0 Å². The van der Waals surface area contributed by atoms with Gasteiger partial charge in [0.05, 0.1) is 18.6 Å². The molecule has 4 heteroatoms. The van der Waals surface area contributed by atoms with Gasteiger partial charge in [-0.1, -0.05) is 19.9 Å². The number of hydrogen-bond acceptors (Lipinski definition) is 3. The van der Waals surface area contributed by atoms with Crippen molar-refractivity contribution in [1.82, 2.24) is 10.6 Å². The molecule has 0 bridgehead atoms. The van der Waals surface area contributed by atoms with Crippen LogP contribution < -0.4 is 10.6 Å². The summed E-state index contributed by atoms with van der Waals surface area (Å²) in [6.45, 7) is 11.4. The molecule has 18 heavy (non-hydrogen) atoms. The van der Waals surface area contributed by atoms with E-state index in [4.69, 9.17) is 4.74 Å². The molecule has 1 saturated heterocycles. The second-order valence-corrected chi connectivity index (χ2v) is 5.18. The van der Waals surface area contributed by atoms with E-state index >= 15 is 0 Å². The maximum absolute atomic E-state index is 12.3. The van der Waals surface area contributed by atoms with Crippen molar-refractivity contribution >= 4 is 5.91 Å². The Hall–Kier alpha value is -0.870. The van der Waals surface area contributed by atoms with Crippen LogP contribution in [0.1, 0.15) is 26.7 Å². The third-order valence-electron chi connectivity index (χ3n) is 3.74. The quantitative estimate of drug-likeness (QED) is 0.507. The summed E-state index contributed by atoms with van der Waals surface area (Å²) in [6, 6.07) is 0. The van der Waals surface area contributed by atoms with Gasteiger partial charge < -0.3 is 15.4 Å². The Morgan fingerprint density at radius 3 is 2.89 bits per heavy atom. The Balaban J connectivity index is 2.28. The van der Waals surface area contributed by atoms with Gasteiger partial charge in [0.25, 0.3) is 0 Å². The summed E-state index contributed by atoms with van der Waals surface area (Å²) in [5.74, 6) is 0.518. The van der Waals surface area contributed by atoms with E-state index in [0.717, 1.165) is 25.9 Å². The van der Waals surface area contributed by atoms with Gasteiger partial charge in [-0.05, 0) is 25.3 Å². The van der Waals surface area contributed by atoms with Gasteiger partial charge in [0.15, 0.2) is 0 Å². The van der Waals surface area contributed by atoms with E-state index in [2.05, 4.69) is 31.1 Å². The minimum atomic E-state index is -0.235. The van der Waals surface area contributed by atoms with Crippen molar-refractivity contribution in [2.45, 2.75) is 26.7 Å². The monoisotopic (exact) mass is 254 g/mol. The van der Waals surface area contributed by atoms with Crippen molar-refractivity contribution in [2.24, 2.45) is 11.3 Å². The molecule has 0 aromatic carbocycles. The summed E-state index contributed by atoms with van der Waals surface area (Å²) in [5.41, 5.74) is -0.235. The molecule has 1 atom stereocenters. The predicted molar refractivity (Wildman–Crippen MR) is 73.4 cm³/mol. The van der Waals surface area contributed by atoms with Crippen LogP contribution in [0.5, 0.6) is 0 Å². The number of carbonyl (C=O) groups excluding carboxylic acids is 1. The molecule has 1 unspecified atom stereocenters. The third-order valence-corrected chi connectivity index (χ3v) is 3.74. The largest absolute Gasteiger partial charge is 0.379 e. The highest BCUT2D eigenvalue weighted by atomic mass is 16.5. The van der Waals surface area contributed by atoms with Gasteiger partial charge in [0.1, 0.15) is 0 Å². The molecule has 0 radical (unpaired) electrons. The molecular weight excluding hydrogens is 228 g/mol. The molecule has 4 nitrogen and oxygen atoms in total. The number of nitrogens with one attached hydrogen (secondary N) is 2. The first-order chi connectivity index (χ1) is 8.63. The first-order valence-corrected chi connectivity index (χ1v) is 6.81. The van der Waals surface area contributed by atoms with Crippen LogP contribution in [-0.2, 0) is 9.53 Å². The summed E-state index contributed by atoms with van der Waals surface area (Å²) in [6.07, 6.45) is 3.61. The summed E-state index contributed by atoms with van der Waals surface area (Å²) in [5, 5.41) is 6.28. The normalized spacial score (nSPS) is 23.3. The molecular formula is C14H26N2O2. The lowest BCUT2D eigenvalue weighted by Crippen LogP contribution is -2.46. The molecule has 1 fully saturated rings. The Kier molecular flexibility index (Phi) is 6.36. The van der Waals surface area contributed by atoms with Crippen LogP contribution in [0.4, 0.5) is 0 Å². The highest BCUT2D eigenvalue weighted by Crippen LogP contribution is 2.34. The van der Waals surface area contributed by atoms with Crippen molar-refractivity contribution < 1.29 is 9.53 Å². The molecule has 0 aliphatic carbocycles. The molecule has 1 amide bonds. The zero-order chi connectivity index (χ0) is 13.4. The lowest BCUT2D eigenvalue weighted by atomic mass is 9.75. The average molecular weight is 254 g/mol. The topological polar surface area (TPSA) is 50.4 Å². The lowest BCUT2D eigenvalue weighted by Gasteiger charge is -2.31. The Morgan fingerprint density at radius 1 is 1.56 bits per heavy atom. The zero-order valence-electron chi connectivity index (χ0n) is 11.6. The molecule has 1 aliphatic heterocycles. The van der Waals surface area contributed by atoms with E-state index in [1.165, 1.54) is 0 Å². The smallest absolute Gasteiger partial charge is 0.227 e. The van der Waals surface area contributed by atoms with Gasteiger partial charge >= 0.3 is 0 Å².